The van der Waals surface area contributed by atoms with Crippen LogP contribution >= 0.6 is 43.5 Å². The average molecular weight is 437 g/mol. The third kappa shape index (κ3) is 2.81. The maximum Gasteiger partial charge on any atom is 0.231 e. The highest BCUT2D eigenvalue weighted by Crippen LogP contribution is 2.38. The third-order valence-corrected chi connectivity index (χ3v) is 5.52. The summed E-state index contributed by atoms with van der Waals surface area (Å²) in [4.78, 5) is 4.54. The van der Waals surface area contributed by atoms with Crippen LogP contribution < -0.4 is 9.47 Å². The second-order valence-electron chi connectivity index (χ2n) is 5.09. The van der Waals surface area contributed by atoms with Gasteiger partial charge in [-0.3, -0.25) is 0 Å². The lowest BCUT2D eigenvalue weighted by Gasteiger charge is -2.13. The summed E-state index contributed by atoms with van der Waals surface area (Å²) in [6.45, 7) is 5.08. The second-order valence-corrected chi connectivity index (χ2v) is 7.00. The maximum atomic E-state index is 6.35. The van der Waals surface area contributed by atoms with Gasteiger partial charge in [0.15, 0.2) is 11.5 Å². The summed E-state index contributed by atoms with van der Waals surface area (Å²) in [6, 6.07) is 3.73. The van der Waals surface area contributed by atoms with E-state index in [4.69, 9.17) is 21.1 Å². The second kappa shape index (κ2) is 5.82. The van der Waals surface area contributed by atoms with Gasteiger partial charge in [-0.1, -0.05) is 25.4 Å². The van der Waals surface area contributed by atoms with Crippen LogP contribution in [0, 0.1) is 0 Å². The smallest absolute Gasteiger partial charge is 0.231 e. The SMILES string of the molecule is CC(C)c1nc(Br)c(Br)n1Cc1cc2c(cc1Cl)OCO2. The van der Waals surface area contributed by atoms with Gasteiger partial charge in [-0.15, -0.1) is 0 Å². The van der Waals surface area contributed by atoms with E-state index in [1.165, 1.54) is 0 Å². The van der Waals surface area contributed by atoms with E-state index >= 15 is 0 Å². The first-order valence-corrected chi connectivity index (χ1v) is 8.43. The zero-order valence-electron chi connectivity index (χ0n) is 11.5. The minimum Gasteiger partial charge on any atom is -0.454 e. The normalized spacial score (nSPS) is 13.2. The zero-order chi connectivity index (χ0) is 15.1. The summed E-state index contributed by atoms with van der Waals surface area (Å²) in [5, 5.41) is 0.658. The standard InChI is InChI=1S/C14H13Br2ClN2O2/c1-7(2)14-18-12(15)13(16)19(14)5-8-3-10-11(4-9(8)17)21-6-20-10/h3-4,7H,5-6H2,1-2H3. The molecule has 21 heavy (non-hydrogen) atoms. The van der Waals surface area contributed by atoms with E-state index in [1.54, 1.807) is 6.07 Å². The fourth-order valence-corrected chi connectivity index (χ4v) is 3.27. The monoisotopic (exact) mass is 434 g/mol. The predicted molar refractivity (Wildman–Crippen MR) is 88.4 cm³/mol. The lowest BCUT2D eigenvalue weighted by atomic mass is 10.1. The molecule has 0 N–H and O–H groups in total. The molecule has 4 nitrogen and oxygen atoms in total. The summed E-state index contributed by atoms with van der Waals surface area (Å²) in [6.07, 6.45) is 0. The van der Waals surface area contributed by atoms with Crippen molar-refractivity contribution < 1.29 is 9.47 Å². The Labute approximate surface area is 144 Å². The number of nitrogens with zero attached hydrogens (tertiary/aromatic N) is 2. The van der Waals surface area contributed by atoms with E-state index in [1.807, 2.05) is 6.07 Å². The molecule has 0 atom stereocenters. The zero-order valence-corrected chi connectivity index (χ0v) is 15.4. The van der Waals surface area contributed by atoms with Crippen LogP contribution in [0.5, 0.6) is 11.5 Å². The van der Waals surface area contributed by atoms with Gasteiger partial charge in [-0.25, -0.2) is 4.98 Å². The molecule has 0 aliphatic carbocycles. The molecule has 0 radical (unpaired) electrons. The Kier molecular flexibility index (Phi) is 4.21. The summed E-state index contributed by atoms with van der Waals surface area (Å²) in [7, 11) is 0. The molecule has 3 rings (SSSR count). The number of imidazole rings is 1. The number of aromatic nitrogens is 2. The first-order chi connectivity index (χ1) is 9.97. The molecule has 1 aromatic heterocycles. The van der Waals surface area contributed by atoms with E-state index in [0.717, 1.165) is 26.3 Å². The van der Waals surface area contributed by atoms with Gasteiger partial charge in [0.1, 0.15) is 15.0 Å². The topological polar surface area (TPSA) is 36.3 Å². The molecule has 0 saturated heterocycles. The van der Waals surface area contributed by atoms with E-state index in [0.29, 0.717) is 23.2 Å². The van der Waals surface area contributed by atoms with Gasteiger partial charge < -0.3 is 14.0 Å². The fourth-order valence-electron chi connectivity index (χ4n) is 2.26. The van der Waals surface area contributed by atoms with Crippen LogP contribution in [0.25, 0.3) is 0 Å². The Hall–Kier alpha value is -0.720. The van der Waals surface area contributed by atoms with Crippen LogP contribution in [-0.2, 0) is 6.54 Å². The minimum atomic E-state index is 0.243. The number of hydrogen-bond donors (Lipinski definition) is 0. The maximum absolute atomic E-state index is 6.35. The van der Waals surface area contributed by atoms with Crippen molar-refractivity contribution in [3.05, 3.63) is 37.7 Å². The third-order valence-electron chi connectivity index (χ3n) is 3.28. The van der Waals surface area contributed by atoms with E-state index < -0.39 is 0 Å². The predicted octanol–water partition coefficient (Wildman–Crippen LogP) is 4.96. The van der Waals surface area contributed by atoms with Gasteiger partial charge in [0.25, 0.3) is 0 Å². The van der Waals surface area contributed by atoms with Crippen molar-refractivity contribution in [1.82, 2.24) is 9.55 Å². The highest BCUT2D eigenvalue weighted by Gasteiger charge is 2.20. The highest BCUT2D eigenvalue weighted by molar-refractivity contribution is 9.13. The molecule has 0 fully saturated rings. The van der Waals surface area contributed by atoms with Gasteiger partial charge in [0, 0.05) is 17.0 Å². The summed E-state index contributed by atoms with van der Waals surface area (Å²) >= 11 is 13.4. The van der Waals surface area contributed by atoms with Gasteiger partial charge in [-0.2, -0.15) is 0 Å². The number of halogens is 3. The lowest BCUT2D eigenvalue weighted by Crippen LogP contribution is -2.07. The van der Waals surface area contributed by atoms with Gasteiger partial charge in [-0.05, 0) is 43.5 Å². The number of fused-ring (bicyclic) bond motifs is 1. The van der Waals surface area contributed by atoms with Crippen molar-refractivity contribution in [3.63, 3.8) is 0 Å². The Balaban J connectivity index is 2.01. The van der Waals surface area contributed by atoms with Crippen LogP contribution in [0.15, 0.2) is 21.3 Å². The minimum absolute atomic E-state index is 0.243. The number of benzene rings is 1. The van der Waals surface area contributed by atoms with Crippen LogP contribution in [0.2, 0.25) is 5.02 Å². The highest BCUT2D eigenvalue weighted by atomic mass is 79.9. The Bertz CT molecular complexity index is 701. The molecule has 2 heterocycles. The molecule has 2 aromatic rings. The van der Waals surface area contributed by atoms with Crippen LogP contribution in [-0.4, -0.2) is 16.3 Å². The average Bonchev–Trinajstić information content (AvgIpc) is 2.98. The fraction of sp³-hybridized carbons (Fsp3) is 0.357. The van der Waals surface area contributed by atoms with Gasteiger partial charge in [0.2, 0.25) is 6.79 Å². The molecule has 0 amide bonds. The van der Waals surface area contributed by atoms with Crippen molar-refractivity contribution >= 4 is 43.5 Å². The molecule has 1 aliphatic heterocycles. The van der Waals surface area contributed by atoms with Crippen LogP contribution in [0.1, 0.15) is 31.2 Å². The number of ether oxygens (including phenoxy) is 2. The van der Waals surface area contributed by atoms with Crippen molar-refractivity contribution in [2.75, 3.05) is 6.79 Å². The Morgan fingerprint density at radius 2 is 1.95 bits per heavy atom. The van der Waals surface area contributed by atoms with Crippen molar-refractivity contribution in [2.45, 2.75) is 26.3 Å². The molecule has 0 unspecified atom stereocenters. The van der Waals surface area contributed by atoms with Gasteiger partial charge in [0.05, 0.1) is 6.54 Å². The molecule has 0 spiro atoms. The largest absolute Gasteiger partial charge is 0.454 e. The van der Waals surface area contributed by atoms with Gasteiger partial charge >= 0.3 is 0 Å². The molecule has 0 saturated carbocycles. The number of rotatable bonds is 3. The quantitative estimate of drug-likeness (QED) is 0.682. The van der Waals surface area contributed by atoms with Crippen LogP contribution in [0.4, 0.5) is 0 Å². The first kappa shape index (κ1) is 15.2. The molecular weight excluding hydrogens is 423 g/mol. The van der Waals surface area contributed by atoms with E-state index in [-0.39, 0.29) is 6.79 Å². The van der Waals surface area contributed by atoms with Crippen molar-refractivity contribution in [1.29, 1.82) is 0 Å². The molecule has 1 aromatic carbocycles. The summed E-state index contributed by atoms with van der Waals surface area (Å²) < 4.78 is 14.5. The number of hydrogen-bond acceptors (Lipinski definition) is 3. The van der Waals surface area contributed by atoms with Crippen LogP contribution in [0.3, 0.4) is 0 Å². The molecule has 112 valence electrons. The molecule has 7 heteroatoms. The lowest BCUT2D eigenvalue weighted by molar-refractivity contribution is 0.174. The van der Waals surface area contributed by atoms with E-state index in [9.17, 15) is 0 Å². The Morgan fingerprint density at radius 3 is 2.62 bits per heavy atom. The van der Waals surface area contributed by atoms with Crippen molar-refractivity contribution in [3.8, 4) is 11.5 Å². The first-order valence-electron chi connectivity index (χ1n) is 6.46. The van der Waals surface area contributed by atoms with E-state index in [2.05, 4.69) is 55.3 Å². The van der Waals surface area contributed by atoms with Crippen molar-refractivity contribution in [2.24, 2.45) is 0 Å². The summed E-state index contributed by atoms with van der Waals surface area (Å²) in [5.41, 5.74) is 0.966. The summed E-state index contributed by atoms with van der Waals surface area (Å²) in [5.74, 6) is 2.72. The molecule has 0 bridgehead atoms. The molecular formula is C14H13Br2ClN2O2. The Morgan fingerprint density at radius 1 is 1.29 bits per heavy atom. The molecule has 1 aliphatic rings.